The highest BCUT2D eigenvalue weighted by Gasteiger charge is 2.13. The number of aromatic nitrogens is 2. The zero-order valence-corrected chi connectivity index (χ0v) is 12.0. The first-order valence-electron chi connectivity index (χ1n) is 6.60. The lowest BCUT2D eigenvalue weighted by Gasteiger charge is -2.18. The number of thiophene rings is 1. The fourth-order valence-electron chi connectivity index (χ4n) is 2.25. The summed E-state index contributed by atoms with van der Waals surface area (Å²) in [5.74, 6) is 1.12. The van der Waals surface area contributed by atoms with Gasteiger partial charge in [-0.2, -0.15) is 4.98 Å². The van der Waals surface area contributed by atoms with Crippen molar-refractivity contribution >= 4 is 33.3 Å². The van der Waals surface area contributed by atoms with Crippen molar-refractivity contribution in [2.45, 2.75) is 19.4 Å². The van der Waals surface area contributed by atoms with Gasteiger partial charge in [0, 0.05) is 0 Å². The number of benzene rings is 1. The Balaban J connectivity index is 1.97. The predicted octanol–water partition coefficient (Wildman–Crippen LogP) is 3.84. The Bertz CT molecular complexity index is 708. The molecule has 1 aromatic carbocycles. The predicted molar refractivity (Wildman–Crippen MR) is 84.9 cm³/mol. The van der Waals surface area contributed by atoms with Crippen molar-refractivity contribution in [3.05, 3.63) is 47.3 Å². The number of hydrogen-bond donors (Lipinski definition) is 2. The second-order valence-corrected chi connectivity index (χ2v) is 5.48. The van der Waals surface area contributed by atoms with Gasteiger partial charge in [0.1, 0.15) is 10.6 Å². The number of nitrogen functional groups attached to an aromatic ring is 1. The highest BCUT2D eigenvalue weighted by atomic mass is 32.1. The minimum absolute atomic E-state index is 0.216. The molecule has 5 heteroatoms. The van der Waals surface area contributed by atoms with E-state index in [1.54, 1.807) is 11.3 Å². The van der Waals surface area contributed by atoms with Crippen molar-refractivity contribution in [2.75, 3.05) is 11.1 Å². The first kappa shape index (κ1) is 12.9. The molecule has 4 nitrogen and oxygen atoms in total. The molecule has 1 unspecified atom stereocenters. The van der Waals surface area contributed by atoms with E-state index < -0.39 is 0 Å². The quantitative estimate of drug-likeness (QED) is 0.764. The number of nitrogens with zero attached hydrogens (tertiary/aromatic N) is 2. The number of anilines is 2. The average molecular weight is 284 g/mol. The van der Waals surface area contributed by atoms with Crippen LogP contribution in [-0.4, -0.2) is 9.97 Å². The molecule has 0 bridgehead atoms. The van der Waals surface area contributed by atoms with E-state index in [4.69, 9.17) is 5.73 Å². The van der Waals surface area contributed by atoms with Crippen molar-refractivity contribution in [3.8, 4) is 0 Å². The van der Waals surface area contributed by atoms with Crippen LogP contribution in [0.4, 0.5) is 11.8 Å². The number of fused-ring (bicyclic) bond motifs is 1. The number of rotatable bonds is 4. The van der Waals surface area contributed by atoms with E-state index in [0.717, 1.165) is 22.5 Å². The molecule has 102 valence electrons. The first-order chi connectivity index (χ1) is 9.78. The third-order valence-electron chi connectivity index (χ3n) is 3.26. The molecule has 1 atom stereocenters. The van der Waals surface area contributed by atoms with Crippen LogP contribution in [0.25, 0.3) is 10.2 Å². The van der Waals surface area contributed by atoms with Crippen LogP contribution in [0.2, 0.25) is 0 Å². The van der Waals surface area contributed by atoms with Gasteiger partial charge in [-0.15, -0.1) is 11.3 Å². The van der Waals surface area contributed by atoms with Crippen LogP contribution in [0, 0.1) is 0 Å². The lowest BCUT2D eigenvalue weighted by Crippen LogP contribution is -2.12. The van der Waals surface area contributed by atoms with Crippen LogP contribution >= 0.6 is 11.3 Å². The van der Waals surface area contributed by atoms with Crippen molar-refractivity contribution in [1.82, 2.24) is 9.97 Å². The summed E-state index contributed by atoms with van der Waals surface area (Å²) in [7, 11) is 0. The Morgan fingerprint density at radius 2 is 2.00 bits per heavy atom. The van der Waals surface area contributed by atoms with Gasteiger partial charge in [0.15, 0.2) is 0 Å². The van der Waals surface area contributed by atoms with E-state index in [1.807, 2.05) is 29.6 Å². The molecule has 0 saturated heterocycles. The van der Waals surface area contributed by atoms with Crippen LogP contribution in [0.5, 0.6) is 0 Å². The van der Waals surface area contributed by atoms with Crippen LogP contribution in [0.3, 0.4) is 0 Å². The fourth-order valence-corrected chi connectivity index (χ4v) is 3.02. The summed E-state index contributed by atoms with van der Waals surface area (Å²) in [6, 6.07) is 12.6. The molecule has 0 saturated carbocycles. The summed E-state index contributed by atoms with van der Waals surface area (Å²) in [5.41, 5.74) is 7.03. The van der Waals surface area contributed by atoms with Gasteiger partial charge in [0.25, 0.3) is 0 Å². The maximum atomic E-state index is 5.78. The Morgan fingerprint density at radius 3 is 2.75 bits per heavy atom. The molecular weight excluding hydrogens is 268 g/mol. The van der Waals surface area contributed by atoms with E-state index in [0.29, 0.717) is 5.95 Å². The molecular formula is C15H16N4S. The van der Waals surface area contributed by atoms with Crippen molar-refractivity contribution in [2.24, 2.45) is 0 Å². The molecule has 20 heavy (non-hydrogen) atoms. The molecule has 3 rings (SSSR count). The number of nitrogens with two attached hydrogens (primary N) is 1. The van der Waals surface area contributed by atoms with Gasteiger partial charge >= 0.3 is 0 Å². The molecule has 0 aliphatic heterocycles. The largest absolute Gasteiger partial charge is 0.368 e. The van der Waals surface area contributed by atoms with Crippen LogP contribution < -0.4 is 11.1 Å². The van der Waals surface area contributed by atoms with E-state index in [1.165, 1.54) is 5.56 Å². The molecule has 0 radical (unpaired) electrons. The SMILES string of the molecule is CCC(Nc1nc(N)nc2sccc12)c1ccccc1. The van der Waals surface area contributed by atoms with Gasteiger partial charge in [0.05, 0.1) is 11.4 Å². The molecule has 0 aliphatic rings. The average Bonchev–Trinajstić information content (AvgIpc) is 2.93. The van der Waals surface area contributed by atoms with Gasteiger partial charge in [0.2, 0.25) is 5.95 Å². The smallest absolute Gasteiger partial charge is 0.223 e. The van der Waals surface area contributed by atoms with Crippen LogP contribution in [0.1, 0.15) is 24.9 Å². The van der Waals surface area contributed by atoms with E-state index in [2.05, 4.69) is 34.3 Å². The van der Waals surface area contributed by atoms with Crippen LogP contribution in [0.15, 0.2) is 41.8 Å². The maximum absolute atomic E-state index is 5.78. The zero-order valence-electron chi connectivity index (χ0n) is 11.2. The Morgan fingerprint density at radius 1 is 1.20 bits per heavy atom. The summed E-state index contributed by atoms with van der Waals surface area (Å²) in [6.45, 7) is 2.15. The van der Waals surface area contributed by atoms with Crippen molar-refractivity contribution < 1.29 is 0 Å². The first-order valence-corrected chi connectivity index (χ1v) is 7.48. The van der Waals surface area contributed by atoms with Gasteiger partial charge < -0.3 is 11.1 Å². The van der Waals surface area contributed by atoms with Gasteiger partial charge in [-0.3, -0.25) is 0 Å². The van der Waals surface area contributed by atoms with Gasteiger partial charge in [-0.05, 0) is 23.4 Å². The molecule has 0 fully saturated rings. The normalized spacial score (nSPS) is 12.4. The standard InChI is InChI=1S/C15H16N4S/c1-2-12(10-6-4-3-5-7-10)17-13-11-8-9-20-14(11)19-15(16)18-13/h3-9,12H,2H2,1H3,(H3,16,17,18,19). The van der Waals surface area contributed by atoms with Crippen LogP contribution in [-0.2, 0) is 0 Å². The lowest BCUT2D eigenvalue weighted by molar-refractivity contribution is 0.746. The topological polar surface area (TPSA) is 63.8 Å². The lowest BCUT2D eigenvalue weighted by atomic mass is 10.0. The summed E-state index contributed by atoms with van der Waals surface area (Å²) in [5, 5.41) is 6.52. The Hall–Kier alpha value is -2.14. The Labute approximate surface area is 121 Å². The summed E-state index contributed by atoms with van der Waals surface area (Å²) < 4.78 is 0. The monoisotopic (exact) mass is 284 g/mol. The molecule has 0 aliphatic carbocycles. The molecule has 0 amide bonds. The second-order valence-electron chi connectivity index (χ2n) is 4.59. The van der Waals surface area contributed by atoms with E-state index in [-0.39, 0.29) is 6.04 Å². The molecule has 3 aromatic rings. The van der Waals surface area contributed by atoms with Gasteiger partial charge in [-0.1, -0.05) is 37.3 Å². The Kier molecular flexibility index (Phi) is 3.52. The highest BCUT2D eigenvalue weighted by molar-refractivity contribution is 7.16. The van der Waals surface area contributed by atoms with Gasteiger partial charge in [-0.25, -0.2) is 4.98 Å². The fraction of sp³-hybridized carbons (Fsp3) is 0.200. The number of hydrogen-bond acceptors (Lipinski definition) is 5. The maximum Gasteiger partial charge on any atom is 0.223 e. The van der Waals surface area contributed by atoms with Crippen molar-refractivity contribution in [1.29, 1.82) is 0 Å². The highest BCUT2D eigenvalue weighted by Crippen LogP contribution is 2.29. The van der Waals surface area contributed by atoms with Crippen molar-refractivity contribution in [3.63, 3.8) is 0 Å². The third kappa shape index (κ3) is 2.44. The molecule has 2 heterocycles. The minimum atomic E-state index is 0.216. The summed E-state index contributed by atoms with van der Waals surface area (Å²) in [4.78, 5) is 9.52. The summed E-state index contributed by atoms with van der Waals surface area (Å²) in [6.07, 6.45) is 0.972. The number of nitrogens with one attached hydrogen (secondary N) is 1. The second kappa shape index (κ2) is 5.46. The molecule has 0 spiro atoms. The third-order valence-corrected chi connectivity index (χ3v) is 4.07. The van der Waals surface area contributed by atoms with E-state index >= 15 is 0 Å². The molecule has 3 N–H and O–H groups in total. The minimum Gasteiger partial charge on any atom is -0.368 e. The molecule has 2 aromatic heterocycles. The van der Waals surface area contributed by atoms with E-state index in [9.17, 15) is 0 Å². The summed E-state index contributed by atoms with van der Waals surface area (Å²) >= 11 is 1.58. The zero-order chi connectivity index (χ0) is 13.9.